The molecule has 1 saturated heterocycles. The number of nitrogens with zero attached hydrogens (tertiary/aromatic N) is 3. The molecule has 1 aromatic rings. The first-order valence-corrected chi connectivity index (χ1v) is 7.24. The molecule has 0 radical (unpaired) electrons. The van der Waals surface area contributed by atoms with Crippen LogP contribution in [0.25, 0.3) is 0 Å². The fraction of sp³-hybridized carbons (Fsp3) is 0.562. The Morgan fingerprint density at radius 2 is 2.05 bits per heavy atom. The van der Waals surface area contributed by atoms with Crippen LogP contribution in [0.4, 0.5) is 5.69 Å². The van der Waals surface area contributed by atoms with Crippen LogP contribution in [0.2, 0.25) is 0 Å². The van der Waals surface area contributed by atoms with E-state index in [-0.39, 0.29) is 0 Å². The summed E-state index contributed by atoms with van der Waals surface area (Å²) in [5.74, 6) is 1.95. The second-order valence-corrected chi connectivity index (χ2v) is 6.25. The van der Waals surface area contributed by atoms with Crippen LogP contribution in [-0.4, -0.2) is 42.3 Å². The average Bonchev–Trinajstić information content (AvgIpc) is 2.35. The summed E-state index contributed by atoms with van der Waals surface area (Å²) in [6.45, 7) is 8.80. The molecule has 0 N–H and O–H groups in total. The molecule has 0 aromatic heterocycles. The molecule has 3 heteroatoms. The Morgan fingerprint density at radius 3 is 2.84 bits per heavy atom. The number of fused-ring (bicyclic) bond motifs is 2. The Bertz CT molecular complexity index is 505. The Balaban J connectivity index is 1.88. The number of rotatable bonds is 2. The van der Waals surface area contributed by atoms with E-state index < -0.39 is 0 Å². The van der Waals surface area contributed by atoms with E-state index in [1.54, 1.807) is 0 Å². The fourth-order valence-electron chi connectivity index (χ4n) is 2.93. The zero-order valence-corrected chi connectivity index (χ0v) is 12.2. The van der Waals surface area contributed by atoms with Crippen LogP contribution in [0, 0.1) is 5.92 Å². The molecule has 0 spiro atoms. The highest BCUT2D eigenvalue weighted by atomic mass is 15.3. The summed E-state index contributed by atoms with van der Waals surface area (Å²) >= 11 is 0. The Hall–Kier alpha value is -1.35. The highest BCUT2D eigenvalue weighted by Crippen LogP contribution is 2.29. The van der Waals surface area contributed by atoms with Crippen molar-refractivity contribution in [3.8, 4) is 0 Å². The second kappa shape index (κ2) is 4.97. The fourth-order valence-corrected chi connectivity index (χ4v) is 2.93. The van der Waals surface area contributed by atoms with Crippen LogP contribution in [0.5, 0.6) is 0 Å². The van der Waals surface area contributed by atoms with Gasteiger partial charge in [0.25, 0.3) is 0 Å². The summed E-state index contributed by atoms with van der Waals surface area (Å²) in [5.41, 5.74) is 4.02. The van der Waals surface area contributed by atoms with Gasteiger partial charge in [-0.05, 0) is 36.6 Å². The molecule has 0 amide bonds. The van der Waals surface area contributed by atoms with E-state index in [2.05, 4.69) is 48.9 Å². The first kappa shape index (κ1) is 12.7. The minimum atomic E-state index is 0.712. The van der Waals surface area contributed by atoms with Gasteiger partial charge in [0.05, 0.1) is 12.2 Å². The lowest BCUT2D eigenvalue weighted by atomic mass is 9.99. The lowest BCUT2D eigenvalue weighted by Crippen LogP contribution is -2.49. The molecule has 0 bridgehead atoms. The molecule has 1 aromatic carbocycles. The maximum absolute atomic E-state index is 4.84. The van der Waals surface area contributed by atoms with Crippen LogP contribution in [-0.2, 0) is 13.0 Å². The standard InChI is InChI=1S/C16H23N3/c1-12(2)8-13-4-5-15-14(9-13)10-19-7-6-18(3)11-16(19)17-15/h4-5,9,12H,6-8,10-11H2,1-3H3. The van der Waals surface area contributed by atoms with Crippen LogP contribution >= 0.6 is 0 Å². The number of piperazine rings is 1. The molecule has 0 atom stereocenters. The van der Waals surface area contributed by atoms with E-state index in [0.29, 0.717) is 5.92 Å². The molecule has 0 unspecified atom stereocenters. The first-order chi connectivity index (χ1) is 9.11. The van der Waals surface area contributed by atoms with E-state index in [4.69, 9.17) is 4.99 Å². The van der Waals surface area contributed by atoms with Gasteiger partial charge < -0.3 is 4.90 Å². The largest absolute Gasteiger partial charge is 0.353 e. The van der Waals surface area contributed by atoms with Crippen LogP contribution in [0.15, 0.2) is 23.2 Å². The van der Waals surface area contributed by atoms with Crippen molar-refractivity contribution in [1.82, 2.24) is 9.80 Å². The van der Waals surface area contributed by atoms with E-state index in [1.807, 2.05) is 0 Å². The van der Waals surface area contributed by atoms with Gasteiger partial charge in [-0.3, -0.25) is 4.90 Å². The maximum Gasteiger partial charge on any atom is 0.119 e. The molecule has 3 nitrogen and oxygen atoms in total. The molecule has 1 fully saturated rings. The van der Waals surface area contributed by atoms with Crippen molar-refractivity contribution in [1.29, 1.82) is 0 Å². The third-order valence-corrected chi connectivity index (χ3v) is 3.93. The molecule has 0 saturated carbocycles. The van der Waals surface area contributed by atoms with E-state index in [1.165, 1.54) is 22.6 Å². The topological polar surface area (TPSA) is 18.8 Å². The quantitative estimate of drug-likeness (QED) is 0.811. The number of amidine groups is 1. The third kappa shape index (κ3) is 2.66. The summed E-state index contributed by atoms with van der Waals surface area (Å²) in [6, 6.07) is 6.80. The van der Waals surface area contributed by atoms with Gasteiger partial charge >= 0.3 is 0 Å². The lowest BCUT2D eigenvalue weighted by Gasteiger charge is -2.38. The third-order valence-electron chi connectivity index (χ3n) is 3.93. The van der Waals surface area contributed by atoms with Gasteiger partial charge in [-0.15, -0.1) is 0 Å². The predicted molar refractivity (Wildman–Crippen MR) is 80.0 cm³/mol. The van der Waals surface area contributed by atoms with Crippen LogP contribution < -0.4 is 0 Å². The normalized spacial score (nSPS) is 19.2. The van der Waals surface area contributed by atoms with Crippen molar-refractivity contribution < 1.29 is 0 Å². The van der Waals surface area contributed by atoms with Crippen molar-refractivity contribution in [2.45, 2.75) is 26.8 Å². The highest BCUT2D eigenvalue weighted by molar-refractivity contribution is 5.89. The lowest BCUT2D eigenvalue weighted by molar-refractivity contribution is 0.257. The molecule has 102 valence electrons. The smallest absolute Gasteiger partial charge is 0.119 e. The summed E-state index contributed by atoms with van der Waals surface area (Å²) in [7, 11) is 2.17. The number of likely N-dealkylation sites (N-methyl/N-ethyl adjacent to an activating group) is 1. The number of hydrogen-bond donors (Lipinski definition) is 0. The Kier molecular flexibility index (Phi) is 3.31. The van der Waals surface area contributed by atoms with E-state index in [9.17, 15) is 0 Å². The zero-order chi connectivity index (χ0) is 13.4. The molecule has 2 aliphatic heterocycles. The van der Waals surface area contributed by atoms with Gasteiger partial charge in [0.2, 0.25) is 0 Å². The summed E-state index contributed by atoms with van der Waals surface area (Å²) in [4.78, 5) is 9.61. The van der Waals surface area contributed by atoms with Crippen LogP contribution in [0.3, 0.4) is 0 Å². The summed E-state index contributed by atoms with van der Waals surface area (Å²) < 4.78 is 0. The van der Waals surface area contributed by atoms with E-state index in [0.717, 1.165) is 32.6 Å². The molecule has 0 aliphatic carbocycles. The molecular formula is C16H23N3. The Labute approximate surface area is 115 Å². The van der Waals surface area contributed by atoms with Gasteiger partial charge in [-0.25, -0.2) is 4.99 Å². The van der Waals surface area contributed by atoms with Gasteiger partial charge in [-0.2, -0.15) is 0 Å². The second-order valence-electron chi connectivity index (χ2n) is 6.25. The molecule has 3 rings (SSSR count). The highest BCUT2D eigenvalue weighted by Gasteiger charge is 2.24. The minimum absolute atomic E-state index is 0.712. The summed E-state index contributed by atoms with van der Waals surface area (Å²) in [6.07, 6.45) is 1.16. The molecule has 2 aliphatic rings. The monoisotopic (exact) mass is 257 g/mol. The number of hydrogen-bond acceptors (Lipinski definition) is 3. The average molecular weight is 257 g/mol. The molecule has 19 heavy (non-hydrogen) atoms. The minimum Gasteiger partial charge on any atom is -0.353 e. The molecular weight excluding hydrogens is 234 g/mol. The van der Waals surface area contributed by atoms with E-state index >= 15 is 0 Å². The molecule has 2 heterocycles. The van der Waals surface area contributed by atoms with Gasteiger partial charge in [-0.1, -0.05) is 26.0 Å². The zero-order valence-electron chi connectivity index (χ0n) is 12.2. The van der Waals surface area contributed by atoms with Crippen molar-refractivity contribution >= 4 is 11.5 Å². The number of benzene rings is 1. The SMILES string of the molecule is CC(C)Cc1ccc2c(c1)CN1CCN(C)CC1=N2. The Morgan fingerprint density at radius 1 is 1.21 bits per heavy atom. The van der Waals surface area contributed by atoms with Gasteiger partial charge in [0.1, 0.15) is 5.84 Å². The van der Waals surface area contributed by atoms with Crippen molar-refractivity contribution in [2.75, 3.05) is 26.7 Å². The van der Waals surface area contributed by atoms with Crippen LogP contribution in [0.1, 0.15) is 25.0 Å². The van der Waals surface area contributed by atoms with Crippen molar-refractivity contribution in [3.05, 3.63) is 29.3 Å². The van der Waals surface area contributed by atoms with Gasteiger partial charge in [0.15, 0.2) is 0 Å². The van der Waals surface area contributed by atoms with Crippen molar-refractivity contribution in [2.24, 2.45) is 10.9 Å². The van der Waals surface area contributed by atoms with Gasteiger partial charge in [0, 0.05) is 19.6 Å². The first-order valence-electron chi connectivity index (χ1n) is 7.24. The predicted octanol–water partition coefficient (Wildman–Crippen LogP) is 2.68. The summed E-state index contributed by atoms with van der Waals surface area (Å²) in [5, 5.41) is 0. The number of aliphatic imine (C=N–C) groups is 1. The maximum atomic E-state index is 4.84. The van der Waals surface area contributed by atoms with Crippen molar-refractivity contribution in [3.63, 3.8) is 0 Å².